The zero-order valence-corrected chi connectivity index (χ0v) is 12.0. The molecule has 1 saturated heterocycles. The number of nitrogens with one attached hydrogen (secondary N) is 1. The summed E-state index contributed by atoms with van der Waals surface area (Å²) < 4.78 is 0. The molecule has 0 aromatic heterocycles. The summed E-state index contributed by atoms with van der Waals surface area (Å²) in [7, 11) is 0. The zero-order chi connectivity index (χ0) is 13.1. The Bertz CT molecular complexity index is 255. The summed E-state index contributed by atoms with van der Waals surface area (Å²) in [5.74, 6) is 0.420. The van der Waals surface area contributed by atoms with Crippen LogP contribution in [0.15, 0.2) is 0 Å². The van der Waals surface area contributed by atoms with Crippen LogP contribution in [-0.4, -0.2) is 36.5 Å². The fraction of sp³-hybridized carbons (Fsp3) is 0.929. The molecule has 3 nitrogen and oxygen atoms in total. The molecular weight excluding hydrogens is 212 g/mol. The van der Waals surface area contributed by atoms with Gasteiger partial charge in [0.15, 0.2) is 0 Å². The molecule has 1 aliphatic rings. The van der Waals surface area contributed by atoms with E-state index in [1.54, 1.807) is 0 Å². The Kier molecular flexibility index (Phi) is 4.99. The molecule has 0 saturated carbocycles. The molecule has 17 heavy (non-hydrogen) atoms. The van der Waals surface area contributed by atoms with Crippen LogP contribution in [0.25, 0.3) is 0 Å². The van der Waals surface area contributed by atoms with Crippen LogP contribution in [0.3, 0.4) is 0 Å². The molecule has 0 spiro atoms. The van der Waals surface area contributed by atoms with Crippen molar-refractivity contribution in [3.63, 3.8) is 0 Å². The van der Waals surface area contributed by atoms with E-state index in [4.69, 9.17) is 0 Å². The van der Waals surface area contributed by atoms with Crippen molar-refractivity contribution in [3.05, 3.63) is 0 Å². The highest BCUT2D eigenvalue weighted by Gasteiger charge is 2.25. The van der Waals surface area contributed by atoms with E-state index in [1.807, 2.05) is 18.7 Å². The van der Waals surface area contributed by atoms with Gasteiger partial charge in [0.2, 0.25) is 5.91 Å². The summed E-state index contributed by atoms with van der Waals surface area (Å²) in [6.07, 6.45) is 2.32. The number of amides is 1. The van der Waals surface area contributed by atoms with Crippen molar-refractivity contribution in [3.8, 4) is 0 Å². The first-order valence-electron chi connectivity index (χ1n) is 6.82. The van der Waals surface area contributed by atoms with E-state index in [2.05, 4.69) is 26.1 Å². The molecule has 1 amide bonds. The Morgan fingerprint density at radius 3 is 2.59 bits per heavy atom. The second kappa shape index (κ2) is 5.85. The molecule has 1 fully saturated rings. The lowest BCUT2D eigenvalue weighted by molar-refractivity contribution is -0.135. The number of hydrogen-bond acceptors (Lipinski definition) is 2. The van der Waals surface area contributed by atoms with Gasteiger partial charge in [-0.3, -0.25) is 4.79 Å². The number of hydrogen-bond donors (Lipinski definition) is 1. The molecule has 100 valence electrons. The van der Waals surface area contributed by atoms with Gasteiger partial charge in [-0.15, -0.1) is 0 Å². The van der Waals surface area contributed by atoms with E-state index in [9.17, 15) is 4.79 Å². The lowest BCUT2D eigenvalue weighted by atomic mass is 9.95. The molecule has 1 aliphatic heterocycles. The zero-order valence-electron chi connectivity index (χ0n) is 12.0. The first kappa shape index (κ1) is 14.5. The molecular formula is C14H28N2O. The molecule has 0 aromatic carbocycles. The van der Waals surface area contributed by atoms with Gasteiger partial charge in [0, 0.05) is 31.6 Å². The summed E-state index contributed by atoms with van der Waals surface area (Å²) in [5.41, 5.74) is 0.310. The van der Waals surface area contributed by atoms with Crippen LogP contribution < -0.4 is 5.32 Å². The smallest absolute Gasteiger partial charge is 0.225 e. The third-order valence-corrected chi connectivity index (χ3v) is 3.15. The number of carbonyl (C=O) groups excluding carboxylic acids is 1. The fourth-order valence-electron chi connectivity index (χ4n) is 2.16. The molecule has 1 N–H and O–H groups in total. The van der Waals surface area contributed by atoms with E-state index < -0.39 is 0 Å². The van der Waals surface area contributed by atoms with Gasteiger partial charge < -0.3 is 10.2 Å². The van der Waals surface area contributed by atoms with Gasteiger partial charge in [-0.2, -0.15) is 0 Å². The minimum atomic E-state index is 0.122. The lowest BCUT2D eigenvalue weighted by Crippen LogP contribution is -2.50. The van der Waals surface area contributed by atoms with Crippen LogP contribution in [0.1, 0.15) is 47.5 Å². The van der Waals surface area contributed by atoms with Crippen LogP contribution in [0.4, 0.5) is 0 Å². The van der Waals surface area contributed by atoms with Crippen molar-refractivity contribution in [1.82, 2.24) is 10.2 Å². The minimum Gasteiger partial charge on any atom is -0.341 e. The molecule has 0 aromatic rings. The van der Waals surface area contributed by atoms with Crippen LogP contribution in [-0.2, 0) is 4.79 Å². The van der Waals surface area contributed by atoms with E-state index in [1.165, 1.54) is 6.42 Å². The van der Waals surface area contributed by atoms with Crippen molar-refractivity contribution in [2.75, 3.05) is 19.6 Å². The molecule has 0 radical (unpaired) electrons. The lowest BCUT2D eigenvalue weighted by Gasteiger charge is -2.35. The van der Waals surface area contributed by atoms with Gasteiger partial charge in [-0.25, -0.2) is 0 Å². The summed E-state index contributed by atoms with van der Waals surface area (Å²) in [4.78, 5) is 14.0. The highest BCUT2D eigenvalue weighted by atomic mass is 16.2. The number of rotatable bonds is 3. The van der Waals surface area contributed by atoms with Gasteiger partial charge in [0.05, 0.1) is 0 Å². The monoisotopic (exact) mass is 240 g/mol. The molecule has 1 atom stereocenters. The Balaban J connectivity index is 2.41. The average Bonchev–Trinajstić information content (AvgIpc) is 2.24. The second-order valence-electron chi connectivity index (χ2n) is 6.72. The van der Waals surface area contributed by atoms with E-state index in [0.717, 1.165) is 26.1 Å². The molecule has 1 rings (SSSR count). The van der Waals surface area contributed by atoms with Crippen molar-refractivity contribution in [1.29, 1.82) is 0 Å². The predicted molar refractivity (Wildman–Crippen MR) is 71.9 cm³/mol. The number of carbonyl (C=O) groups is 1. The molecule has 1 unspecified atom stereocenters. The summed E-state index contributed by atoms with van der Waals surface area (Å²) >= 11 is 0. The Morgan fingerprint density at radius 1 is 1.41 bits per heavy atom. The topological polar surface area (TPSA) is 32.3 Å². The fourth-order valence-corrected chi connectivity index (χ4v) is 2.16. The van der Waals surface area contributed by atoms with Gasteiger partial charge in [0.25, 0.3) is 0 Å². The third-order valence-electron chi connectivity index (χ3n) is 3.15. The van der Waals surface area contributed by atoms with Crippen LogP contribution >= 0.6 is 0 Å². The number of nitrogens with zero attached hydrogens (tertiary/aromatic N) is 1. The standard InChI is InChI=1S/C14H28N2O/c1-11(2)13(17)16-8-6-7-12(9-16)15-10-14(3,4)5/h11-12,15H,6-10H2,1-5H3. The van der Waals surface area contributed by atoms with E-state index in [-0.39, 0.29) is 5.92 Å². The van der Waals surface area contributed by atoms with Gasteiger partial charge in [-0.1, -0.05) is 34.6 Å². The SMILES string of the molecule is CC(C)C(=O)N1CCCC(NCC(C)(C)C)C1. The first-order valence-corrected chi connectivity index (χ1v) is 6.82. The highest BCUT2D eigenvalue weighted by Crippen LogP contribution is 2.16. The number of likely N-dealkylation sites (tertiary alicyclic amines) is 1. The minimum absolute atomic E-state index is 0.122. The average molecular weight is 240 g/mol. The van der Waals surface area contributed by atoms with Crippen molar-refractivity contribution in [2.45, 2.75) is 53.5 Å². The van der Waals surface area contributed by atoms with Gasteiger partial charge in [0.1, 0.15) is 0 Å². The van der Waals surface area contributed by atoms with Gasteiger partial charge >= 0.3 is 0 Å². The maximum absolute atomic E-state index is 11.9. The van der Waals surface area contributed by atoms with Crippen LogP contribution in [0.5, 0.6) is 0 Å². The Morgan fingerprint density at radius 2 is 2.06 bits per heavy atom. The predicted octanol–water partition coefficient (Wildman–Crippen LogP) is 2.27. The largest absolute Gasteiger partial charge is 0.341 e. The van der Waals surface area contributed by atoms with Crippen molar-refractivity contribution >= 4 is 5.91 Å². The van der Waals surface area contributed by atoms with Gasteiger partial charge in [-0.05, 0) is 18.3 Å². The normalized spacial score (nSPS) is 22.0. The molecule has 0 aliphatic carbocycles. The van der Waals surface area contributed by atoms with Crippen molar-refractivity contribution in [2.24, 2.45) is 11.3 Å². The maximum atomic E-state index is 11.9. The number of piperidine rings is 1. The maximum Gasteiger partial charge on any atom is 0.225 e. The van der Waals surface area contributed by atoms with E-state index in [0.29, 0.717) is 17.4 Å². The van der Waals surface area contributed by atoms with E-state index >= 15 is 0 Å². The summed E-state index contributed by atoms with van der Waals surface area (Å²) in [6.45, 7) is 13.5. The summed E-state index contributed by atoms with van der Waals surface area (Å²) in [6, 6.07) is 0.477. The quantitative estimate of drug-likeness (QED) is 0.821. The highest BCUT2D eigenvalue weighted by molar-refractivity contribution is 5.78. The Hall–Kier alpha value is -0.570. The molecule has 1 heterocycles. The van der Waals surface area contributed by atoms with Crippen molar-refractivity contribution < 1.29 is 4.79 Å². The first-order chi connectivity index (χ1) is 7.79. The Labute approximate surface area is 106 Å². The second-order valence-corrected chi connectivity index (χ2v) is 6.72. The van der Waals surface area contributed by atoms with Crippen LogP contribution in [0, 0.1) is 11.3 Å². The third kappa shape index (κ3) is 5.07. The van der Waals surface area contributed by atoms with Crippen LogP contribution in [0.2, 0.25) is 0 Å². The molecule has 3 heteroatoms. The summed E-state index contributed by atoms with van der Waals surface area (Å²) in [5, 5.41) is 3.59. The molecule has 0 bridgehead atoms.